The summed E-state index contributed by atoms with van der Waals surface area (Å²) in [5.74, 6) is 2.02. The van der Waals surface area contributed by atoms with Crippen molar-refractivity contribution in [2.24, 2.45) is 0 Å². The van der Waals surface area contributed by atoms with Gasteiger partial charge in [0, 0.05) is 32.4 Å². The molecule has 2 aromatic rings. The monoisotopic (exact) mass is 355 g/mol. The molecule has 1 aliphatic rings. The number of nitrogens with zero attached hydrogens (tertiary/aromatic N) is 3. The van der Waals surface area contributed by atoms with Gasteiger partial charge in [0.2, 0.25) is 0 Å². The Balaban J connectivity index is 1.68. The van der Waals surface area contributed by atoms with E-state index in [1.54, 1.807) is 32.5 Å². The highest BCUT2D eigenvalue weighted by Crippen LogP contribution is 2.32. The minimum Gasteiger partial charge on any atom is -0.493 e. The number of carbonyl (C=O) groups is 1. The minimum absolute atomic E-state index is 0.0142. The highest BCUT2D eigenvalue weighted by molar-refractivity contribution is 5.97. The van der Waals surface area contributed by atoms with Gasteiger partial charge in [-0.05, 0) is 37.1 Å². The molecule has 138 valence electrons. The van der Waals surface area contributed by atoms with Gasteiger partial charge in [0.15, 0.2) is 11.5 Å². The van der Waals surface area contributed by atoms with E-state index in [9.17, 15) is 4.79 Å². The molecule has 0 bridgehead atoms. The average molecular weight is 355 g/mol. The lowest BCUT2D eigenvalue weighted by Gasteiger charge is -2.37. The van der Waals surface area contributed by atoms with E-state index in [4.69, 9.17) is 9.47 Å². The van der Waals surface area contributed by atoms with Crippen LogP contribution in [0.4, 0.5) is 5.82 Å². The quantitative estimate of drug-likeness (QED) is 0.825. The van der Waals surface area contributed by atoms with Crippen LogP contribution >= 0.6 is 0 Å². The summed E-state index contributed by atoms with van der Waals surface area (Å²) in [5, 5.41) is 0. The van der Waals surface area contributed by atoms with Crippen molar-refractivity contribution in [1.29, 1.82) is 0 Å². The van der Waals surface area contributed by atoms with Gasteiger partial charge in [-0.2, -0.15) is 0 Å². The summed E-state index contributed by atoms with van der Waals surface area (Å²) in [7, 11) is 5.20. The molecule has 0 radical (unpaired) electrons. The number of benzene rings is 1. The number of hydrogen-bond donors (Lipinski definition) is 0. The summed E-state index contributed by atoms with van der Waals surface area (Å²) in [6.45, 7) is 1.42. The van der Waals surface area contributed by atoms with E-state index in [0.29, 0.717) is 36.2 Å². The van der Waals surface area contributed by atoms with E-state index in [-0.39, 0.29) is 5.91 Å². The first-order valence-electron chi connectivity index (χ1n) is 8.79. The van der Waals surface area contributed by atoms with Gasteiger partial charge in [-0.15, -0.1) is 0 Å². The normalized spacial score (nSPS) is 14.8. The van der Waals surface area contributed by atoms with Crippen LogP contribution in [0, 0.1) is 0 Å². The Labute approximate surface area is 154 Å². The largest absolute Gasteiger partial charge is 0.493 e. The highest BCUT2D eigenvalue weighted by Gasteiger charge is 2.28. The summed E-state index contributed by atoms with van der Waals surface area (Å²) in [4.78, 5) is 21.5. The number of pyridine rings is 1. The third-order valence-corrected chi connectivity index (χ3v) is 4.94. The number of aromatic nitrogens is 1. The van der Waals surface area contributed by atoms with E-state index in [0.717, 1.165) is 18.7 Å². The maximum absolute atomic E-state index is 13.0. The average Bonchev–Trinajstić information content (AvgIpc) is 2.72. The van der Waals surface area contributed by atoms with Crippen LogP contribution in [0.5, 0.6) is 11.5 Å². The molecule has 0 unspecified atom stereocenters. The van der Waals surface area contributed by atoms with Gasteiger partial charge in [-0.3, -0.25) is 4.79 Å². The van der Waals surface area contributed by atoms with Crippen molar-refractivity contribution in [2.45, 2.75) is 18.9 Å². The van der Waals surface area contributed by atoms with Crippen LogP contribution in [0.15, 0.2) is 42.6 Å². The number of hydrogen-bond acceptors (Lipinski definition) is 5. The number of rotatable bonds is 5. The molecule has 1 amide bonds. The fraction of sp³-hybridized carbons (Fsp3) is 0.400. The van der Waals surface area contributed by atoms with Gasteiger partial charge in [-0.25, -0.2) is 4.98 Å². The van der Waals surface area contributed by atoms with Gasteiger partial charge in [0.05, 0.1) is 19.8 Å². The van der Waals surface area contributed by atoms with Crippen molar-refractivity contribution in [2.75, 3.05) is 39.3 Å². The third kappa shape index (κ3) is 3.59. The summed E-state index contributed by atoms with van der Waals surface area (Å²) in [5.41, 5.74) is 0.545. The zero-order valence-corrected chi connectivity index (χ0v) is 15.5. The Morgan fingerprint density at radius 2 is 1.88 bits per heavy atom. The molecule has 0 N–H and O–H groups in total. The van der Waals surface area contributed by atoms with Gasteiger partial charge >= 0.3 is 0 Å². The molecule has 0 saturated carbocycles. The van der Waals surface area contributed by atoms with Crippen LogP contribution in [0.25, 0.3) is 0 Å². The zero-order valence-electron chi connectivity index (χ0n) is 15.5. The summed E-state index contributed by atoms with van der Waals surface area (Å²) in [6.07, 6.45) is 3.62. The molecule has 6 heteroatoms. The molecular weight excluding hydrogens is 330 g/mol. The number of ether oxygens (including phenoxy) is 2. The fourth-order valence-corrected chi connectivity index (χ4v) is 3.43. The van der Waals surface area contributed by atoms with Gasteiger partial charge in [0.25, 0.3) is 5.91 Å². The maximum atomic E-state index is 13.0. The van der Waals surface area contributed by atoms with Crippen molar-refractivity contribution in [3.8, 4) is 11.5 Å². The Kier molecular flexibility index (Phi) is 5.61. The van der Waals surface area contributed by atoms with Crippen LogP contribution in [-0.2, 0) is 0 Å². The molecule has 3 rings (SSSR count). The van der Waals surface area contributed by atoms with Crippen molar-refractivity contribution >= 4 is 11.7 Å². The first-order chi connectivity index (χ1) is 12.7. The van der Waals surface area contributed by atoms with Crippen LogP contribution in [0.2, 0.25) is 0 Å². The van der Waals surface area contributed by atoms with E-state index in [1.165, 1.54) is 0 Å². The van der Waals surface area contributed by atoms with Crippen molar-refractivity contribution in [3.63, 3.8) is 0 Å². The number of anilines is 1. The number of para-hydroxylation sites is 1. The number of carbonyl (C=O) groups excluding carboxylic acids is 1. The predicted molar refractivity (Wildman–Crippen MR) is 101 cm³/mol. The molecule has 0 atom stereocenters. The summed E-state index contributed by atoms with van der Waals surface area (Å²) in [6, 6.07) is 11.7. The summed E-state index contributed by atoms with van der Waals surface area (Å²) < 4.78 is 10.7. The van der Waals surface area contributed by atoms with Gasteiger partial charge in [-0.1, -0.05) is 12.1 Å². The highest BCUT2D eigenvalue weighted by atomic mass is 16.5. The Bertz CT molecular complexity index is 743. The van der Waals surface area contributed by atoms with Crippen LogP contribution in [0.3, 0.4) is 0 Å². The molecule has 1 aromatic heterocycles. The van der Waals surface area contributed by atoms with Crippen molar-refractivity contribution in [3.05, 3.63) is 48.2 Å². The SMILES string of the molecule is COc1cccc(C(=O)N2CCC(N(C)c3ccccn3)CC2)c1OC. The second-order valence-electron chi connectivity index (χ2n) is 6.36. The lowest BCUT2D eigenvalue weighted by Crippen LogP contribution is -2.46. The molecular formula is C20H25N3O3. The van der Waals surface area contributed by atoms with E-state index < -0.39 is 0 Å². The smallest absolute Gasteiger partial charge is 0.257 e. The molecule has 1 saturated heterocycles. The number of methoxy groups -OCH3 is 2. The summed E-state index contributed by atoms with van der Waals surface area (Å²) >= 11 is 0. The van der Waals surface area contributed by atoms with Crippen molar-refractivity contribution < 1.29 is 14.3 Å². The topological polar surface area (TPSA) is 54.9 Å². The molecule has 26 heavy (non-hydrogen) atoms. The molecule has 2 heterocycles. The van der Waals surface area contributed by atoms with Crippen LogP contribution in [-0.4, -0.2) is 56.2 Å². The molecule has 0 spiro atoms. The lowest BCUT2D eigenvalue weighted by atomic mass is 10.0. The van der Waals surface area contributed by atoms with Crippen LogP contribution in [0.1, 0.15) is 23.2 Å². The Morgan fingerprint density at radius 3 is 2.50 bits per heavy atom. The molecule has 1 fully saturated rings. The first-order valence-corrected chi connectivity index (χ1v) is 8.79. The predicted octanol–water partition coefficient (Wildman–Crippen LogP) is 2.84. The van der Waals surface area contributed by atoms with E-state index in [1.807, 2.05) is 29.2 Å². The molecule has 1 aliphatic heterocycles. The minimum atomic E-state index is -0.0142. The van der Waals surface area contributed by atoms with E-state index >= 15 is 0 Å². The number of piperidine rings is 1. The zero-order chi connectivity index (χ0) is 18.5. The van der Waals surface area contributed by atoms with Gasteiger partial charge < -0.3 is 19.3 Å². The fourth-order valence-electron chi connectivity index (χ4n) is 3.43. The van der Waals surface area contributed by atoms with Crippen molar-refractivity contribution in [1.82, 2.24) is 9.88 Å². The Hall–Kier alpha value is -2.76. The Morgan fingerprint density at radius 1 is 1.12 bits per heavy atom. The van der Waals surface area contributed by atoms with E-state index in [2.05, 4.69) is 16.9 Å². The van der Waals surface area contributed by atoms with Gasteiger partial charge in [0.1, 0.15) is 5.82 Å². The molecule has 6 nitrogen and oxygen atoms in total. The second-order valence-corrected chi connectivity index (χ2v) is 6.36. The standard InChI is InChI=1S/C20H25N3O3/c1-22(18-9-4-5-12-21-18)15-10-13-23(14-11-15)20(24)16-7-6-8-17(25-2)19(16)26-3/h4-9,12,15H,10-11,13-14H2,1-3H3. The third-order valence-electron chi connectivity index (χ3n) is 4.94. The van der Waals surface area contributed by atoms with Crippen LogP contribution < -0.4 is 14.4 Å². The molecule has 0 aliphatic carbocycles. The number of amides is 1. The molecule has 1 aromatic carbocycles. The second kappa shape index (κ2) is 8.08. The lowest BCUT2D eigenvalue weighted by molar-refractivity contribution is 0.0709. The first kappa shape index (κ1) is 18.0. The number of likely N-dealkylation sites (tertiary alicyclic amines) is 1. The maximum Gasteiger partial charge on any atom is 0.257 e.